The van der Waals surface area contributed by atoms with Crippen molar-refractivity contribution in [3.8, 4) is 0 Å². The Morgan fingerprint density at radius 2 is 2.21 bits per heavy atom. The van der Waals surface area contributed by atoms with Crippen molar-refractivity contribution in [1.29, 1.82) is 0 Å². The minimum atomic E-state index is -0.0672. The fourth-order valence-electron chi connectivity index (χ4n) is 3.78. The van der Waals surface area contributed by atoms with Gasteiger partial charge in [-0.25, -0.2) is 4.98 Å². The number of aromatic amines is 1. The van der Waals surface area contributed by atoms with Gasteiger partial charge < -0.3 is 10.3 Å². The standard InChI is InChI=1S/C17H24N6O/c24-17-8-16(19-12-20-17)13-3-1-5-22(10-13)11-14-7-15-9-18-4-2-6-23(15)21-14/h7-8,12-13,18H,1-6,9-11H2,(H,19,20,24)/t13-/m1/s1. The number of aryl methyl sites for hydroxylation is 1. The van der Waals surface area contributed by atoms with E-state index < -0.39 is 0 Å². The quantitative estimate of drug-likeness (QED) is 0.873. The maximum absolute atomic E-state index is 11.5. The van der Waals surface area contributed by atoms with Gasteiger partial charge >= 0.3 is 0 Å². The Balaban J connectivity index is 1.44. The van der Waals surface area contributed by atoms with Crippen LogP contribution in [-0.4, -0.2) is 44.3 Å². The molecule has 24 heavy (non-hydrogen) atoms. The minimum Gasteiger partial charge on any atom is -0.313 e. The predicted octanol–water partition coefficient (Wildman–Crippen LogP) is 0.839. The van der Waals surface area contributed by atoms with Crippen molar-refractivity contribution in [1.82, 2.24) is 30.0 Å². The van der Waals surface area contributed by atoms with Crippen LogP contribution in [0.1, 0.15) is 42.3 Å². The molecule has 2 aromatic rings. The van der Waals surface area contributed by atoms with E-state index in [4.69, 9.17) is 5.10 Å². The summed E-state index contributed by atoms with van der Waals surface area (Å²) < 4.78 is 2.15. The lowest BCUT2D eigenvalue weighted by Gasteiger charge is -2.31. The first-order chi connectivity index (χ1) is 11.8. The fourth-order valence-corrected chi connectivity index (χ4v) is 3.78. The molecule has 0 saturated carbocycles. The lowest BCUT2D eigenvalue weighted by molar-refractivity contribution is 0.196. The van der Waals surface area contributed by atoms with E-state index in [9.17, 15) is 4.79 Å². The Hall–Kier alpha value is -1.99. The van der Waals surface area contributed by atoms with Crippen molar-refractivity contribution >= 4 is 0 Å². The molecule has 0 bridgehead atoms. The zero-order chi connectivity index (χ0) is 16.4. The second kappa shape index (κ2) is 6.86. The first kappa shape index (κ1) is 15.5. The summed E-state index contributed by atoms with van der Waals surface area (Å²) >= 11 is 0. The first-order valence-electron chi connectivity index (χ1n) is 8.81. The number of nitrogens with zero attached hydrogens (tertiary/aromatic N) is 4. The molecule has 2 aromatic heterocycles. The van der Waals surface area contributed by atoms with E-state index >= 15 is 0 Å². The number of nitrogens with one attached hydrogen (secondary N) is 2. The molecule has 2 aliphatic rings. The summed E-state index contributed by atoms with van der Waals surface area (Å²) in [6.07, 6.45) is 4.87. The van der Waals surface area contributed by atoms with Crippen LogP contribution < -0.4 is 10.9 Å². The predicted molar refractivity (Wildman–Crippen MR) is 90.7 cm³/mol. The van der Waals surface area contributed by atoms with Gasteiger partial charge in [-0.15, -0.1) is 0 Å². The molecule has 1 saturated heterocycles. The molecular weight excluding hydrogens is 304 g/mol. The van der Waals surface area contributed by atoms with Crippen molar-refractivity contribution in [2.75, 3.05) is 19.6 Å². The summed E-state index contributed by atoms with van der Waals surface area (Å²) in [6.45, 7) is 5.88. The zero-order valence-electron chi connectivity index (χ0n) is 13.9. The third kappa shape index (κ3) is 3.42. The normalized spacial score (nSPS) is 22.1. The molecule has 2 aliphatic heterocycles. The zero-order valence-corrected chi connectivity index (χ0v) is 13.9. The molecule has 0 spiro atoms. The number of hydrogen-bond acceptors (Lipinski definition) is 5. The number of likely N-dealkylation sites (tertiary alicyclic amines) is 1. The highest BCUT2D eigenvalue weighted by atomic mass is 16.1. The number of hydrogen-bond donors (Lipinski definition) is 2. The summed E-state index contributed by atoms with van der Waals surface area (Å²) in [5.74, 6) is 0.336. The van der Waals surface area contributed by atoms with Crippen molar-refractivity contribution in [3.63, 3.8) is 0 Å². The van der Waals surface area contributed by atoms with E-state index in [0.29, 0.717) is 5.92 Å². The Morgan fingerprint density at radius 1 is 1.25 bits per heavy atom. The molecular formula is C17H24N6O. The average Bonchev–Trinajstić information content (AvgIpc) is 2.83. The van der Waals surface area contributed by atoms with Gasteiger partial charge in [0.2, 0.25) is 0 Å². The summed E-state index contributed by atoms with van der Waals surface area (Å²) in [4.78, 5) is 20.9. The van der Waals surface area contributed by atoms with Gasteiger partial charge in [0.1, 0.15) is 0 Å². The highest BCUT2D eigenvalue weighted by molar-refractivity contribution is 5.12. The molecule has 0 unspecified atom stereocenters. The van der Waals surface area contributed by atoms with Gasteiger partial charge in [0.05, 0.1) is 23.4 Å². The van der Waals surface area contributed by atoms with Gasteiger partial charge in [-0.3, -0.25) is 14.4 Å². The minimum absolute atomic E-state index is 0.0672. The Morgan fingerprint density at radius 3 is 3.12 bits per heavy atom. The van der Waals surface area contributed by atoms with Crippen molar-refractivity contribution in [2.45, 2.75) is 44.8 Å². The molecule has 0 aromatic carbocycles. The monoisotopic (exact) mass is 328 g/mol. The van der Waals surface area contributed by atoms with Gasteiger partial charge in [-0.05, 0) is 38.4 Å². The number of H-pyrrole nitrogens is 1. The number of rotatable bonds is 3. The van der Waals surface area contributed by atoms with Gasteiger partial charge in [0.25, 0.3) is 5.56 Å². The molecule has 7 nitrogen and oxygen atoms in total. The molecule has 0 amide bonds. The van der Waals surface area contributed by atoms with Crippen LogP contribution in [0.5, 0.6) is 0 Å². The molecule has 0 aliphatic carbocycles. The summed E-state index contributed by atoms with van der Waals surface area (Å²) in [6, 6.07) is 3.87. The van der Waals surface area contributed by atoms with E-state index in [1.807, 2.05) is 0 Å². The van der Waals surface area contributed by atoms with E-state index in [1.54, 1.807) is 6.07 Å². The number of aromatic nitrogens is 4. The highest BCUT2D eigenvalue weighted by Gasteiger charge is 2.23. The molecule has 1 fully saturated rings. The SMILES string of the molecule is O=c1cc([C@@H]2CCCN(Cc3cc4n(n3)CCCNC4)C2)nc[nH]1. The molecule has 4 heterocycles. The maximum Gasteiger partial charge on any atom is 0.250 e. The van der Waals surface area contributed by atoms with Crippen LogP contribution in [0.3, 0.4) is 0 Å². The topological polar surface area (TPSA) is 78.8 Å². The van der Waals surface area contributed by atoms with Gasteiger partial charge in [-0.2, -0.15) is 5.10 Å². The summed E-state index contributed by atoms with van der Waals surface area (Å²) in [7, 11) is 0. The third-order valence-electron chi connectivity index (χ3n) is 4.95. The molecule has 1 atom stereocenters. The van der Waals surface area contributed by atoms with Crippen LogP contribution in [0.4, 0.5) is 0 Å². The van der Waals surface area contributed by atoms with Crippen LogP contribution in [0, 0.1) is 0 Å². The van der Waals surface area contributed by atoms with Gasteiger partial charge in [0, 0.05) is 38.2 Å². The van der Waals surface area contributed by atoms with E-state index in [1.165, 1.54) is 12.0 Å². The van der Waals surface area contributed by atoms with Crippen LogP contribution in [0.2, 0.25) is 0 Å². The van der Waals surface area contributed by atoms with E-state index in [0.717, 1.165) is 69.9 Å². The van der Waals surface area contributed by atoms with E-state index in [-0.39, 0.29) is 5.56 Å². The Kier molecular flexibility index (Phi) is 4.44. The van der Waals surface area contributed by atoms with Gasteiger partial charge in [0.15, 0.2) is 0 Å². The lowest BCUT2D eigenvalue weighted by atomic mass is 9.94. The molecule has 4 rings (SSSR count). The summed E-state index contributed by atoms with van der Waals surface area (Å²) in [5.41, 5.74) is 3.27. The highest BCUT2D eigenvalue weighted by Crippen LogP contribution is 2.25. The largest absolute Gasteiger partial charge is 0.313 e. The molecule has 2 N–H and O–H groups in total. The third-order valence-corrected chi connectivity index (χ3v) is 4.95. The van der Waals surface area contributed by atoms with Crippen molar-refractivity contribution in [2.24, 2.45) is 0 Å². The van der Waals surface area contributed by atoms with Crippen LogP contribution in [0.25, 0.3) is 0 Å². The van der Waals surface area contributed by atoms with E-state index in [2.05, 4.69) is 30.9 Å². The maximum atomic E-state index is 11.5. The summed E-state index contributed by atoms with van der Waals surface area (Å²) in [5, 5.41) is 8.22. The van der Waals surface area contributed by atoms with Crippen LogP contribution in [0.15, 0.2) is 23.3 Å². The molecule has 7 heteroatoms. The number of piperidine rings is 1. The fraction of sp³-hybridized carbons (Fsp3) is 0.588. The molecule has 128 valence electrons. The van der Waals surface area contributed by atoms with Crippen molar-refractivity contribution in [3.05, 3.63) is 45.9 Å². The van der Waals surface area contributed by atoms with Crippen LogP contribution in [-0.2, 0) is 19.6 Å². The first-order valence-corrected chi connectivity index (χ1v) is 8.81. The average molecular weight is 328 g/mol. The smallest absolute Gasteiger partial charge is 0.250 e. The number of fused-ring (bicyclic) bond motifs is 1. The Bertz CT molecular complexity index is 728. The molecule has 0 radical (unpaired) electrons. The van der Waals surface area contributed by atoms with Crippen LogP contribution >= 0.6 is 0 Å². The second-order valence-corrected chi connectivity index (χ2v) is 6.79. The van der Waals surface area contributed by atoms with Gasteiger partial charge in [-0.1, -0.05) is 0 Å². The van der Waals surface area contributed by atoms with Crippen molar-refractivity contribution < 1.29 is 0 Å². The lowest BCUT2D eigenvalue weighted by Crippen LogP contribution is -2.34. The Labute approximate surface area is 141 Å². The second-order valence-electron chi connectivity index (χ2n) is 6.79.